The topological polar surface area (TPSA) is 57.7 Å². The highest BCUT2D eigenvalue weighted by molar-refractivity contribution is 8.14. The van der Waals surface area contributed by atoms with E-state index in [9.17, 15) is 4.79 Å². The summed E-state index contributed by atoms with van der Waals surface area (Å²) >= 11 is 1.09. The molecule has 0 radical (unpaired) electrons. The van der Waals surface area contributed by atoms with Crippen molar-refractivity contribution in [2.45, 2.75) is 20.3 Å². The van der Waals surface area contributed by atoms with E-state index in [0.29, 0.717) is 19.0 Å². The molecular formula is C20H26N4O2S. The van der Waals surface area contributed by atoms with Crippen LogP contribution in [0, 0.1) is 6.92 Å². The molecule has 0 unspecified atom stereocenters. The van der Waals surface area contributed by atoms with Crippen LogP contribution >= 0.6 is 11.9 Å². The van der Waals surface area contributed by atoms with E-state index in [1.54, 1.807) is 7.11 Å². The highest BCUT2D eigenvalue weighted by Crippen LogP contribution is 2.28. The third-order valence-corrected chi connectivity index (χ3v) is 5.52. The molecule has 1 fully saturated rings. The maximum absolute atomic E-state index is 12.6. The number of rotatable bonds is 5. The molecule has 0 aliphatic carbocycles. The van der Waals surface area contributed by atoms with Crippen molar-refractivity contribution < 1.29 is 9.53 Å². The molecule has 7 heteroatoms. The standard InChI is InChI=1S/C20H26N4O2S/c1-4-16-14-18(19(26-3)21-15(16)2)22-27-20(25)24-12-10-23(11-13-24)17-8-6-5-7-9-17/h5-9,14,22H,4,10-13H2,1-3H3. The summed E-state index contributed by atoms with van der Waals surface area (Å²) in [4.78, 5) is 21.2. The first-order chi connectivity index (χ1) is 13.1. The molecule has 0 spiro atoms. The Balaban J connectivity index is 1.56. The van der Waals surface area contributed by atoms with Crippen molar-refractivity contribution in [3.8, 4) is 5.88 Å². The van der Waals surface area contributed by atoms with Crippen molar-refractivity contribution in [3.63, 3.8) is 0 Å². The second-order valence-electron chi connectivity index (χ2n) is 6.42. The zero-order valence-electron chi connectivity index (χ0n) is 16.1. The van der Waals surface area contributed by atoms with Gasteiger partial charge >= 0.3 is 5.24 Å². The second kappa shape index (κ2) is 8.99. The number of nitrogens with zero attached hydrogens (tertiary/aromatic N) is 3. The summed E-state index contributed by atoms with van der Waals surface area (Å²) in [5.41, 5.74) is 4.04. The molecular weight excluding hydrogens is 360 g/mol. The maximum Gasteiger partial charge on any atom is 0.302 e. The van der Waals surface area contributed by atoms with E-state index in [0.717, 1.165) is 48.4 Å². The Bertz CT molecular complexity index is 777. The van der Waals surface area contributed by atoms with Gasteiger partial charge in [-0.1, -0.05) is 25.1 Å². The zero-order valence-corrected chi connectivity index (χ0v) is 16.9. The largest absolute Gasteiger partial charge is 0.479 e. The molecule has 2 aromatic rings. The molecule has 0 saturated carbocycles. The van der Waals surface area contributed by atoms with Crippen molar-refractivity contribution in [1.82, 2.24) is 9.88 Å². The van der Waals surface area contributed by atoms with Crippen molar-refractivity contribution in [2.24, 2.45) is 0 Å². The number of aromatic nitrogens is 1. The number of aryl methyl sites for hydroxylation is 2. The minimum absolute atomic E-state index is 0.0170. The number of hydrogen-bond acceptors (Lipinski definition) is 6. The lowest BCUT2D eigenvalue weighted by atomic mass is 10.1. The fourth-order valence-corrected chi connectivity index (χ4v) is 3.82. The molecule has 1 aromatic carbocycles. The smallest absolute Gasteiger partial charge is 0.302 e. The summed E-state index contributed by atoms with van der Waals surface area (Å²) in [6.07, 6.45) is 0.886. The zero-order chi connectivity index (χ0) is 19.2. The van der Waals surface area contributed by atoms with Crippen molar-refractivity contribution in [1.29, 1.82) is 0 Å². The third kappa shape index (κ3) is 4.66. The molecule has 0 atom stereocenters. The summed E-state index contributed by atoms with van der Waals surface area (Å²) < 4.78 is 8.48. The lowest BCUT2D eigenvalue weighted by Crippen LogP contribution is -2.47. The number of carbonyl (C=O) groups excluding carboxylic acids is 1. The van der Waals surface area contributed by atoms with E-state index < -0.39 is 0 Å². The first-order valence-electron chi connectivity index (χ1n) is 9.18. The Morgan fingerprint density at radius 1 is 1.22 bits per heavy atom. The molecule has 1 N–H and O–H groups in total. The van der Waals surface area contributed by atoms with Crippen LogP contribution in [0.1, 0.15) is 18.2 Å². The quantitative estimate of drug-likeness (QED) is 0.785. The molecule has 1 saturated heterocycles. The molecule has 3 rings (SSSR count). The fraction of sp³-hybridized carbons (Fsp3) is 0.400. The SMILES string of the molecule is CCc1cc(NSC(=O)N2CCN(c3ccccc3)CC2)c(OC)nc1C. The molecule has 27 heavy (non-hydrogen) atoms. The van der Waals surface area contributed by atoms with E-state index in [1.807, 2.05) is 36.1 Å². The number of methoxy groups -OCH3 is 1. The van der Waals surface area contributed by atoms with Crippen LogP contribution in [0.4, 0.5) is 16.2 Å². The molecule has 0 bridgehead atoms. The fourth-order valence-electron chi connectivity index (χ4n) is 3.16. The van der Waals surface area contributed by atoms with Gasteiger partial charge in [0.05, 0.1) is 7.11 Å². The molecule has 144 valence electrons. The van der Waals surface area contributed by atoms with Gasteiger partial charge in [0, 0.05) is 49.5 Å². The summed E-state index contributed by atoms with van der Waals surface area (Å²) in [6, 6.07) is 12.3. The Kier molecular flexibility index (Phi) is 6.45. The van der Waals surface area contributed by atoms with Gasteiger partial charge in [-0.05, 0) is 37.1 Å². The summed E-state index contributed by atoms with van der Waals surface area (Å²) in [7, 11) is 1.59. The number of benzene rings is 1. The van der Waals surface area contributed by atoms with Gasteiger partial charge in [0.15, 0.2) is 0 Å². The Morgan fingerprint density at radius 2 is 1.93 bits per heavy atom. The molecule has 1 aromatic heterocycles. The van der Waals surface area contributed by atoms with Gasteiger partial charge < -0.3 is 19.3 Å². The van der Waals surface area contributed by atoms with Crippen molar-refractivity contribution in [3.05, 3.63) is 47.7 Å². The molecule has 1 amide bonds. The second-order valence-corrected chi connectivity index (χ2v) is 7.18. The summed E-state index contributed by atoms with van der Waals surface area (Å²) in [5, 5.41) is 0.0170. The Hall–Kier alpha value is -2.41. The van der Waals surface area contributed by atoms with E-state index in [1.165, 1.54) is 5.69 Å². The third-order valence-electron chi connectivity index (χ3n) is 4.76. The minimum atomic E-state index is 0.0170. The maximum atomic E-state index is 12.6. The number of para-hydroxylation sites is 1. The first kappa shape index (κ1) is 19.4. The van der Waals surface area contributed by atoms with Crippen LogP contribution in [0.15, 0.2) is 36.4 Å². The molecule has 6 nitrogen and oxygen atoms in total. The van der Waals surface area contributed by atoms with Gasteiger partial charge in [0.1, 0.15) is 5.69 Å². The van der Waals surface area contributed by atoms with Crippen LogP contribution in [0.25, 0.3) is 0 Å². The van der Waals surface area contributed by atoms with Gasteiger partial charge in [-0.25, -0.2) is 4.98 Å². The number of pyridine rings is 1. The number of carbonyl (C=O) groups is 1. The molecule has 2 heterocycles. The molecule has 1 aliphatic heterocycles. The lowest BCUT2D eigenvalue weighted by Gasteiger charge is -2.35. The number of ether oxygens (including phenoxy) is 1. The van der Waals surface area contributed by atoms with Crippen LogP contribution in [-0.2, 0) is 6.42 Å². The predicted octanol–water partition coefficient (Wildman–Crippen LogP) is 3.96. The normalized spacial score (nSPS) is 14.2. The average Bonchev–Trinajstić information content (AvgIpc) is 2.73. The predicted molar refractivity (Wildman–Crippen MR) is 112 cm³/mol. The van der Waals surface area contributed by atoms with Crippen LogP contribution in [-0.4, -0.2) is 48.4 Å². The van der Waals surface area contributed by atoms with Gasteiger partial charge in [0.25, 0.3) is 0 Å². The highest BCUT2D eigenvalue weighted by atomic mass is 32.2. The van der Waals surface area contributed by atoms with Crippen LogP contribution in [0.5, 0.6) is 5.88 Å². The molecule has 1 aliphatic rings. The van der Waals surface area contributed by atoms with Crippen LogP contribution in [0.2, 0.25) is 0 Å². The van der Waals surface area contributed by atoms with Gasteiger partial charge in [-0.3, -0.25) is 4.79 Å². The summed E-state index contributed by atoms with van der Waals surface area (Å²) in [6.45, 7) is 7.16. The van der Waals surface area contributed by atoms with E-state index in [-0.39, 0.29) is 5.24 Å². The average molecular weight is 387 g/mol. The monoisotopic (exact) mass is 386 g/mol. The number of hydrogen-bond donors (Lipinski definition) is 1. The number of nitrogens with one attached hydrogen (secondary N) is 1. The Labute approximate surface area is 165 Å². The van der Waals surface area contributed by atoms with Crippen molar-refractivity contribution >= 4 is 28.6 Å². The van der Waals surface area contributed by atoms with E-state index >= 15 is 0 Å². The van der Waals surface area contributed by atoms with E-state index in [4.69, 9.17) is 4.74 Å². The number of amides is 1. The Morgan fingerprint density at radius 3 is 2.56 bits per heavy atom. The first-order valence-corrected chi connectivity index (χ1v) is 10.00. The number of anilines is 2. The highest BCUT2D eigenvalue weighted by Gasteiger charge is 2.22. The van der Waals surface area contributed by atoms with Crippen molar-refractivity contribution in [2.75, 3.05) is 42.9 Å². The van der Waals surface area contributed by atoms with Crippen LogP contribution < -0.4 is 14.4 Å². The minimum Gasteiger partial charge on any atom is -0.479 e. The van der Waals surface area contributed by atoms with Gasteiger partial charge in [0.2, 0.25) is 5.88 Å². The number of piperazine rings is 1. The summed E-state index contributed by atoms with van der Waals surface area (Å²) in [5.74, 6) is 0.513. The van der Waals surface area contributed by atoms with E-state index in [2.05, 4.69) is 33.7 Å². The van der Waals surface area contributed by atoms with Crippen LogP contribution in [0.3, 0.4) is 0 Å². The van der Waals surface area contributed by atoms with Gasteiger partial charge in [-0.2, -0.15) is 0 Å². The van der Waals surface area contributed by atoms with Gasteiger partial charge in [-0.15, -0.1) is 0 Å². The lowest BCUT2D eigenvalue weighted by molar-refractivity contribution is 0.219.